The Morgan fingerprint density at radius 2 is 1.93 bits per heavy atom. The number of carbonyl (C=O) groups excluding carboxylic acids is 1. The summed E-state index contributed by atoms with van der Waals surface area (Å²) in [7, 11) is 0. The van der Waals surface area contributed by atoms with Gasteiger partial charge in [-0.1, -0.05) is 54.0 Å². The second kappa shape index (κ2) is 8.73. The van der Waals surface area contributed by atoms with Crippen LogP contribution in [-0.2, 0) is 9.63 Å². The van der Waals surface area contributed by atoms with Crippen molar-refractivity contribution >= 4 is 29.4 Å². The molecule has 0 saturated heterocycles. The highest BCUT2D eigenvalue weighted by molar-refractivity contribution is 6.33. The lowest BCUT2D eigenvalue weighted by Crippen LogP contribution is -2.07. The Morgan fingerprint density at radius 3 is 2.63 bits per heavy atom. The van der Waals surface area contributed by atoms with Crippen molar-refractivity contribution < 1.29 is 19.1 Å². The molecule has 6 heteroatoms. The Labute approximate surface area is 163 Å². The number of halogens is 1. The summed E-state index contributed by atoms with van der Waals surface area (Å²) in [4.78, 5) is 17.1. The summed E-state index contributed by atoms with van der Waals surface area (Å²) >= 11 is 6.40. The summed E-state index contributed by atoms with van der Waals surface area (Å²) in [5.74, 6) is 0.539. The molecule has 0 saturated carbocycles. The van der Waals surface area contributed by atoms with E-state index in [1.165, 1.54) is 0 Å². The van der Waals surface area contributed by atoms with E-state index >= 15 is 0 Å². The van der Waals surface area contributed by atoms with Gasteiger partial charge in [-0.2, -0.15) is 0 Å². The molecule has 2 aromatic rings. The number of carbonyl (C=O) groups is 1. The van der Waals surface area contributed by atoms with E-state index in [1.54, 1.807) is 18.2 Å². The van der Waals surface area contributed by atoms with Crippen molar-refractivity contribution in [3.05, 3.63) is 64.2 Å². The van der Waals surface area contributed by atoms with Gasteiger partial charge in [-0.3, -0.25) is 0 Å². The highest BCUT2D eigenvalue weighted by Crippen LogP contribution is 2.37. The van der Waals surface area contributed by atoms with Crippen LogP contribution in [0.3, 0.4) is 0 Å². The van der Waals surface area contributed by atoms with Gasteiger partial charge in [0.15, 0.2) is 11.5 Å². The van der Waals surface area contributed by atoms with Crippen LogP contribution in [-0.4, -0.2) is 24.9 Å². The molecule has 2 aromatic carbocycles. The molecule has 0 unspecified atom stereocenters. The third-order valence-electron chi connectivity index (χ3n) is 3.84. The molecule has 0 aliphatic carbocycles. The van der Waals surface area contributed by atoms with E-state index in [1.807, 2.05) is 44.2 Å². The number of nitrogens with zero attached hydrogens (tertiary/aromatic N) is 1. The average molecular weight is 386 g/mol. The van der Waals surface area contributed by atoms with Crippen molar-refractivity contribution in [3.63, 3.8) is 0 Å². The zero-order chi connectivity index (χ0) is 19.2. The molecule has 5 nitrogen and oxygen atoms in total. The maximum Gasteiger partial charge on any atom is 0.368 e. The van der Waals surface area contributed by atoms with Crippen LogP contribution in [0.5, 0.6) is 11.5 Å². The van der Waals surface area contributed by atoms with Crippen molar-refractivity contribution in [2.24, 2.45) is 5.16 Å². The normalized spacial score (nSPS) is 14.9. The first-order valence-electron chi connectivity index (χ1n) is 8.80. The molecule has 0 amide bonds. The van der Waals surface area contributed by atoms with E-state index < -0.39 is 5.97 Å². The zero-order valence-corrected chi connectivity index (χ0v) is 16.0. The van der Waals surface area contributed by atoms with Crippen molar-refractivity contribution in [2.75, 3.05) is 13.2 Å². The van der Waals surface area contributed by atoms with Gasteiger partial charge in [-0.25, -0.2) is 4.79 Å². The second-order valence-electron chi connectivity index (χ2n) is 5.85. The molecule has 0 spiro atoms. The van der Waals surface area contributed by atoms with Crippen molar-refractivity contribution in [2.45, 2.75) is 20.3 Å². The van der Waals surface area contributed by atoms with Crippen molar-refractivity contribution in [1.29, 1.82) is 0 Å². The van der Waals surface area contributed by atoms with Gasteiger partial charge in [0.05, 0.1) is 23.8 Å². The van der Waals surface area contributed by atoms with Gasteiger partial charge in [0, 0.05) is 5.56 Å². The topological polar surface area (TPSA) is 57.1 Å². The van der Waals surface area contributed by atoms with Crippen LogP contribution in [0.2, 0.25) is 5.02 Å². The van der Waals surface area contributed by atoms with E-state index in [9.17, 15) is 4.79 Å². The number of benzene rings is 2. The van der Waals surface area contributed by atoms with Gasteiger partial charge in [-0.15, -0.1) is 0 Å². The van der Waals surface area contributed by atoms with Crippen molar-refractivity contribution in [3.8, 4) is 11.5 Å². The average Bonchev–Trinajstić information content (AvgIpc) is 3.03. The maximum absolute atomic E-state index is 12.2. The lowest BCUT2D eigenvalue weighted by atomic mass is 10.0. The molecule has 3 rings (SSSR count). The molecule has 0 bridgehead atoms. The quantitative estimate of drug-likeness (QED) is 0.504. The Kier molecular flexibility index (Phi) is 6.14. The van der Waals surface area contributed by atoms with Gasteiger partial charge in [0.2, 0.25) is 0 Å². The first-order valence-corrected chi connectivity index (χ1v) is 9.17. The lowest BCUT2D eigenvalue weighted by molar-refractivity contribution is -0.136. The second-order valence-corrected chi connectivity index (χ2v) is 6.26. The molecular weight excluding hydrogens is 366 g/mol. The Bertz CT molecular complexity index is 891. The SMILES string of the molecule is CCCOc1c(Cl)cc(/C=C2\C(=O)ON=C2c2ccccc2)cc1OCC. The molecule has 0 radical (unpaired) electrons. The number of oxime groups is 1. The molecule has 0 atom stereocenters. The van der Waals surface area contributed by atoms with E-state index in [4.69, 9.17) is 25.9 Å². The molecule has 140 valence electrons. The standard InChI is InChI=1S/C21H20ClNO4/c1-3-10-26-20-17(22)12-14(13-18(20)25-4-2)11-16-19(23-27-21(16)24)15-8-6-5-7-9-15/h5-9,11-13H,3-4,10H2,1-2H3/b16-11-. The minimum absolute atomic E-state index is 0.363. The number of hydrogen-bond donors (Lipinski definition) is 0. The number of hydrogen-bond acceptors (Lipinski definition) is 5. The maximum atomic E-state index is 12.2. The zero-order valence-electron chi connectivity index (χ0n) is 15.2. The highest BCUT2D eigenvalue weighted by atomic mass is 35.5. The van der Waals surface area contributed by atoms with Gasteiger partial charge in [0.25, 0.3) is 0 Å². The summed E-state index contributed by atoms with van der Waals surface area (Å²) in [6.07, 6.45) is 2.55. The van der Waals surface area contributed by atoms with Gasteiger partial charge < -0.3 is 14.3 Å². The number of ether oxygens (including phenoxy) is 2. The Morgan fingerprint density at radius 1 is 1.15 bits per heavy atom. The molecule has 27 heavy (non-hydrogen) atoms. The minimum Gasteiger partial charge on any atom is -0.490 e. The first kappa shape index (κ1) is 19.0. The third-order valence-corrected chi connectivity index (χ3v) is 4.12. The predicted molar refractivity (Wildman–Crippen MR) is 105 cm³/mol. The molecular formula is C21H20ClNO4. The fourth-order valence-corrected chi connectivity index (χ4v) is 2.93. The molecule has 1 aliphatic heterocycles. The Balaban J connectivity index is 2.00. The summed E-state index contributed by atoms with van der Waals surface area (Å²) in [5.41, 5.74) is 2.35. The van der Waals surface area contributed by atoms with E-state index in [-0.39, 0.29) is 0 Å². The van der Waals surface area contributed by atoms with Crippen LogP contribution in [0.1, 0.15) is 31.4 Å². The van der Waals surface area contributed by atoms with E-state index in [2.05, 4.69) is 5.16 Å². The van der Waals surface area contributed by atoms with Crippen LogP contribution in [0, 0.1) is 0 Å². The van der Waals surface area contributed by atoms with Crippen LogP contribution in [0.25, 0.3) is 6.08 Å². The predicted octanol–water partition coefficient (Wildman–Crippen LogP) is 4.87. The first-order chi connectivity index (χ1) is 13.1. The van der Waals surface area contributed by atoms with Gasteiger partial charge in [0.1, 0.15) is 5.71 Å². The van der Waals surface area contributed by atoms with Crippen molar-refractivity contribution in [1.82, 2.24) is 0 Å². The fraction of sp³-hybridized carbons (Fsp3) is 0.238. The van der Waals surface area contributed by atoms with Crippen LogP contribution in [0.4, 0.5) is 0 Å². The third kappa shape index (κ3) is 4.31. The molecule has 0 aromatic heterocycles. The van der Waals surface area contributed by atoms with Crippen LogP contribution >= 0.6 is 11.6 Å². The largest absolute Gasteiger partial charge is 0.490 e. The van der Waals surface area contributed by atoms with Crippen LogP contribution < -0.4 is 9.47 Å². The molecule has 1 aliphatic rings. The van der Waals surface area contributed by atoms with Gasteiger partial charge >= 0.3 is 5.97 Å². The summed E-state index contributed by atoms with van der Waals surface area (Å²) in [6, 6.07) is 12.9. The van der Waals surface area contributed by atoms with E-state index in [0.29, 0.717) is 46.6 Å². The summed E-state index contributed by atoms with van der Waals surface area (Å²) in [6.45, 7) is 4.91. The smallest absolute Gasteiger partial charge is 0.368 e. The van der Waals surface area contributed by atoms with E-state index in [0.717, 1.165) is 12.0 Å². The highest BCUT2D eigenvalue weighted by Gasteiger charge is 2.27. The summed E-state index contributed by atoms with van der Waals surface area (Å²) in [5, 5.41) is 4.34. The number of rotatable bonds is 7. The summed E-state index contributed by atoms with van der Waals surface area (Å²) < 4.78 is 11.4. The Hall–Kier alpha value is -2.79. The fourth-order valence-electron chi connectivity index (χ4n) is 2.66. The molecule has 1 heterocycles. The van der Waals surface area contributed by atoms with Crippen LogP contribution in [0.15, 0.2) is 53.2 Å². The molecule has 0 fully saturated rings. The van der Waals surface area contributed by atoms with Gasteiger partial charge in [-0.05, 0) is 37.1 Å². The monoisotopic (exact) mass is 385 g/mol. The lowest BCUT2D eigenvalue weighted by Gasteiger charge is -2.14. The minimum atomic E-state index is -0.505. The molecule has 0 N–H and O–H groups in total.